The predicted octanol–water partition coefficient (Wildman–Crippen LogP) is 1.27. The Morgan fingerprint density at radius 1 is 1.59 bits per heavy atom. The lowest BCUT2D eigenvalue weighted by Gasteiger charge is -1.99. The Kier molecular flexibility index (Phi) is 3.33. The molecule has 0 fully saturated rings. The van der Waals surface area contributed by atoms with Gasteiger partial charge in [0, 0.05) is 0 Å². The van der Waals surface area contributed by atoms with Crippen molar-refractivity contribution < 1.29 is 4.42 Å². The molecule has 0 unspecified atom stereocenters. The van der Waals surface area contributed by atoms with E-state index in [4.69, 9.17) is 4.42 Å². The van der Waals surface area contributed by atoms with Gasteiger partial charge in [-0.05, 0) is 35.0 Å². The third-order valence-corrected chi connectivity index (χ3v) is 2.26. The lowest BCUT2D eigenvalue weighted by atomic mass is 10.5. The lowest BCUT2D eigenvalue weighted by molar-refractivity contribution is 0.534. The molecule has 2 heterocycles. The molecule has 0 saturated carbocycles. The van der Waals surface area contributed by atoms with Crippen LogP contribution in [0.4, 0.5) is 5.82 Å². The molecule has 0 spiro atoms. The van der Waals surface area contributed by atoms with Crippen molar-refractivity contribution in [3.8, 4) is 0 Å². The molecule has 8 heteroatoms. The average molecular weight is 298 g/mol. The van der Waals surface area contributed by atoms with Crippen LogP contribution < -0.4 is 11.1 Å². The Balaban J connectivity index is 2.09. The van der Waals surface area contributed by atoms with Crippen LogP contribution in [0.2, 0.25) is 0 Å². The van der Waals surface area contributed by atoms with Crippen molar-refractivity contribution in [2.24, 2.45) is 5.10 Å². The van der Waals surface area contributed by atoms with Gasteiger partial charge in [0.25, 0.3) is 0 Å². The van der Waals surface area contributed by atoms with Gasteiger partial charge >= 0.3 is 5.69 Å². The van der Waals surface area contributed by atoms with Crippen LogP contribution in [0.5, 0.6) is 0 Å². The normalized spacial score (nSPS) is 10.9. The number of nitrogens with one attached hydrogen (secondary N) is 2. The summed E-state index contributed by atoms with van der Waals surface area (Å²) in [4.78, 5) is 14.6. The second-order valence-corrected chi connectivity index (χ2v) is 3.87. The molecule has 0 aliphatic rings. The van der Waals surface area contributed by atoms with Crippen molar-refractivity contribution in [1.82, 2.24) is 15.2 Å². The van der Waals surface area contributed by atoms with E-state index in [1.807, 2.05) is 0 Å². The zero-order valence-electron chi connectivity index (χ0n) is 8.77. The predicted molar refractivity (Wildman–Crippen MR) is 65.0 cm³/mol. The average Bonchev–Trinajstić information content (AvgIpc) is 2.69. The van der Waals surface area contributed by atoms with Gasteiger partial charge < -0.3 is 4.42 Å². The zero-order valence-corrected chi connectivity index (χ0v) is 10.4. The number of aryl methyl sites for hydroxylation is 1. The van der Waals surface area contributed by atoms with Crippen molar-refractivity contribution in [2.45, 2.75) is 6.92 Å². The van der Waals surface area contributed by atoms with Crippen molar-refractivity contribution in [3.63, 3.8) is 0 Å². The van der Waals surface area contributed by atoms with Crippen LogP contribution >= 0.6 is 15.9 Å². The highest BCUT2D eigenvalue weighted by Crippen LogP contribution is 2.12. The van der Waals surface area contributed by atoms with Gasteiger partial charge in [0.2, 0.25) is 0 Å². The summed E-state index contributed by atoms with van der Waals surface area (Å²) >= 11 is 3.17. The molecule has 0 atom stereocenters. The summed E-state index contributed by atoms with van der Waals surface area (Å²) in [5, 5.41) is 9.84. The lowest BCUT2D eigenvalue weighted by Crippen LogP contribution is -2.15. The maximum absolute atomic E-state index is 10.9. The third kappa shape index (κ3) is 3.00. The van der Waals surface area contributed by atoms with Crippen LogP contribution in [0.15, 0.2) is 31.1 Å². The van der Waals surface area contributed by atoms with Gasteiger partial charge in [0.15, 0.2) is 10.5 Å². The van der Waals surface area contributed by atoms with E-state index in [0.717, 1.165) is 0 Å². The van der Waals surface area contributed by atoms with Crippen LogP contribution in [-0.4, -0.2) is 21.4 Å². The first-order chi connectivity index (χ1) is 8.15. The molecule has 2 aromatic rings. The first-order valence-electron chi connectivity index (χ1n) is 4.63. The minimum absolute atomic E-state index is 0.302. The minimum Gasteiger partial charge on any atom is -0.448 e. The molecule has 0 aromatic carbocycles. The Bertz CT molecular complexity index is 603. The summed E-state index contributed by atoms with van der Waals surface area (Å²) in [7, 11) is 0. The van der Waals surface area contributed by atoms with Crippen LogP contribution in [-0.2, 0) is 0 Å². The maximum atomic E-state index is 10.9. The highest BCUT2D eigenvalue weighted by Gasteiger charge is 2.00. The summed E-state index contributed by atoms with van der Waals surface area (Å²) in [5.74, 6) is 0.871. The topological polar surface area (TPSA) is 96.2 Å². The Morgan fingerprint density at radius 3 is 3.12 bits per heavy atom. The van der Waals surface area contributed by atoms with Crippen molar-refractivity contribution in [1.29, 1.82) is 0 Å². The smallest absolute Gasteiger partial charge is 0.363 e. The molecule has 0 aliphatic heterocycles. The fraction of sp³-hybridized carbons (Fsp3) is 0.111. The Morgan fingerprint density at radius 2 is 2.41 bits per heavy atom. The number of aromatic nitrogens is 3. The van der Waals surface area contributed by atoms with Gasteiger partial charge in [0.1, 0.15) is 11.5 Å². The van der Waals surface area contributed by atoms with E-state index in [0.29, 0.717) is 21.9 Å². The summed E-state index contributed by atoms with van der Waals surface area (Å²) in [6, 6.07) is 3.49. The number of anilines is 1. The number of hydrogen-bond acceptors (Lipinski definition) is 6. The third-order valence-electron chi connectivity index (χ3n) is 1.83. The molecule has 0 bridgehead atoms. The van der Waals surface area contributed by atoms with Gasteiger partial charge in [-0.15, -0.1) is 0 Å². The fourth-order valence-electron chi connectivity index (χ4n) is 1.05. The molecule has 0 radical (unpaired) electrons. The number of hydrazone groups is 1. The highest BCUT2D eigenvalue weighted by molar-refractivity contribution is 9.10. The van der Waals surface area contributed by atoms with E-state index in [-0.39, 0.29) is 0 Å². The molecule has 17 heavy (non-hydrogen) atoms. The van der Waals surface area contributed by atoms with Crippen molar-refractivity contribution in [2.75, 3.05) is 5.43 Å². The zero-order chi connectivity index (χ0) is 12.3. The summed E-state index contributed by atoms with van der Waals surface area (Å²) in [6.45, 7) is 1.70. The van der Waals surface area contributed by atoms with Crippen LogP contribution in [0, 0.1) is 6.92 Å². The van der Waals surface area contributed by atoms with E-state index >= 15 is 0 Å². The van der Waals surface area contributed by atoms with Gasteiger partial charge in [-0.1, -0.05) is 0 Å². The number of aromatic amines is 1. The molecule has 2 N–H and O–H groups in total. The second-order valence-electron chi connectivity index (χ2n) is 3.09. The molecule has 0 aliphatic carbocycles. The summed E-state index contributed by atoms with van der Waals surface area (Å²) in [5.41, 5.74) is 2.62. The first-order valence-corrected chi connectivity index (χ1v) is 5.42. The molecule has 7 nitrogen and oxygen atoms in total. The van der Waals surface area contributed by atoms with Gasteiger partial charge in [-0.2, -0.15) is 15.2 Å². The van der Waals surface area contributed by atoms with Crippen LogP contribution in [0.25, 0.3) is 0 Å². The molecule has 2 rings (SSSR count). The van der Waals surface area contributed by atoms with E-state index in [1.54, 1.807) is 19.1 Å². The molecule has 0 amide bonds. The van der Waals surface area contributed by atoms with Crippen LogP contribution in [0.1, 0.15) is 11.5 Å². The molecule has 88 valence electrons. The fourth-order valence-corrected chi connectivity index (χ4v) is 1.37. The van der Waals surface area contributed by atoms with Crippen molar-refractivity contribution >= 4 is 28.0 Å². The molecular formula is C9H8BrN5O2. The second kappa shape index (κ2) is 4.91. The van der Waals surface area contributed by atoms with Gasteiger partial charge in [-0.3, -0.25) is 5.43 Å². The number of H-pyrrole nitrogens is 1. The monoisotopic (exact) mass is 297 g/mol. The van der Waals surface area contributed by atoms with Crippen LogP contribution in [0.3, 0.4) is 0 Å². The molecular weight excluding hydrogens is 290 g/mol. The van der Waals surface area contributed by atoms with E-state index < -0.39 is 5.69 Å². The van der Waals surface area contributed by atoms with E-state index in [9.17, 15) is 4.79 Å². The summed E-state index contributed by atoms with van der Waals surface area (Å²) < 4.78 is 5.82. The number of nitrogens with zero attached hydrogens (tertiary/aromatic N) is 3. The molecule has 0 saturated heterocycles. The Labute approximate surface area is 104 Å². The van der Waals surface area contributed by atoms with E-state index in [1.165, 1.54) is 6.21 Å². The maximum Gasteiger partial charge on any atom is 0.363 e. The molecule has 2 aromatic heterocycles. The minimum atomic E-state index is -0.533. The standard InChI is InChI=1S/C9H8BrN5O2/c1-5-8(12-9(16)15-13-5)14-11-4-6-2-3-7(10)17-6/h2-4H,1H3,(H2,12,14,15,16)/b11-4+. The van der Waals surface area contributed by atoms with E-state index in [2.05, 4.69) is 41.6 Å². The number of rotatable bonds is 3. The quantitative estimate of drug-likeness (QED) is 0.657. The largest absolute Gasteiger partial charge is 0.448 e. The SMILES string of the molecule is Cc1n[nH]c(=O)nc1N/N=C/c1ccc(Br)o1. The Hall–Kier alpha value is -1.96. The first kappa shape index (κ1) is 11.5. The van der Waals surface area contributed by atoms with Gasteiger partial charge in [-0.25, -0.2) is 9.89 Å². The number of halogens is 1. The number of furan rings is 1. The van der Waals surface area contributed by atoms with Gasteiger partial charge in [0.05, 0.1) is 6.21 Å². The summed E-state index contributed by atoms with van der Waals surface area (Å²) in [6.07, 6.45) is 1.47. The van der Waals surface area contributed by atoms with Crippen molar-refractivity contribution in [3.05, 3.63) is 38.7 Å². The highest BCUT2D eigenvalue weighted by atomic mass is 79.9. The number of hydrogen-bond donors (Lipinski definition) is 2.